The van der Waals surface area contributed by atoms with Crippen molar-refractivity contribution in [3.05, 3.63) is 45.6 Å². The standard InChI is InChI=1S/C10H7ClN4O2/c1-6-8(4-7(5-13-6)15(16)17)9-2-3-12-10(11)14-9/h2-5H,1H3. The molecular weight excluding hydrogens is 244 g/mol. The summed E-state index contributed by atoms with van der Waals surface area (Å²) in [5.41, 5.74) is 1.65. The Hall–Kier alpha value is -2.08. The third-order valence-electron chi connectivity index (χ3n) is 2.19. The van der Waals surface area contributed by atoms with Gasteiger partial charge in [0.05, 0.1) is 10.6 Å². The molecule has 6 nitrogen and oxygen atoms in total. The fourth-order valence-corrected chi connectivity index (χ4v) is 1.51. The second-order valence-electron chi connectivity index (χ2n) is 3.29. The maximum Gasteiger partial charge on any atom is 0.288 e. The van der Waals surface area contributed by atoms with Crippen molar-refractivity contribution in [2.24, 2.45) is 0 Å². The molecule has 0 fully saturated rings. The molecule has 0 amide bonds. The molecule has 0 aliphatic carbocycles. The maximum atomic E-state index is 10.7. The van der Waals surface area contributed by atoms with E-state index in [-0.39, 0.29) is 11.0 Å². The highest BCUT2D eigenvalue weighted by molar-refractivity contribution is 6.28. The topological polar surface area (TPSA) is 81.8 Å². The third-order valence-corrected chi connectivity index (χ3v) is 2.37. The summed E-state index contributed by atoms with van der Waals surface area (Å²) < 4.78 is 0. The Kier molecular flexibility index (Phi) is 2.97. The molecule has 2 rings (SSSR count). The van der Waals surface area contributed by atoms with E-state index in [0.29, 0.717) is 17.0 Å². The Balaban J connectivity index is 2.58. The van der Waals surface area contributed by atoms with Gasteiger partial charge in [0.2, 0.25) is 5.28 Å². The lowest BCUT2D eigenvalue weighted by molar-refractivity contribution is -0.385. The van der Waals surface area contributed by atoms with Gasteiger partial charge in [0.25, 0.3) is 5.69 Å². The van der Waals surface area contributed by atoms with E-state index in [1.807, 2.05) is 0 Å². The van der Waals surface area contributed by atoms with Gasteiger partial charge in [-0.3, -0.25) is 15.1 Å². The molecule has 17 heavy (non-hydrogen) atoms. The molecule has 0 radical (unpaired) electrons. The van der Waals surface area contributed by atoms with E-state index in [4.69, 9.17) is 11.6 Å². The zero-order valence-electron chi connectivity index (χ0n) is 8.79. The first kappa shape index (κ1) is 11.4. The molecule has 0 unspecified atom stereocenters. The van der Waals surface area contributed by atoms with Gasteiger partial charge in [0, 0.05) is 23.5 Å². The number of aromatic nitrogens is 3. The van der Waals surface area contributed by atoms with Gasteiger partial charge in [-0.15, -0.1) is 0 Å². The molecule has 0 aliphatic rings. The van der Waals surface area contributed by atoms with E-state index in [0.717, 1.165) is 0 Å². The lowest BCUT2D eigenvalue weighted by Crippen LogP contribution is -1.95. The zero-order chi connectivity index (χ0) is 12.4. The zero-order valence-corrected chi connectivity index (χ0v) is 9.55. The molecule has 2 heterocycles. The van der Waals surface area contributed by atoms with Crippen molar-refractivity contribution < 1.29 is 4.92 Å². The number of rotatable bonds is 2. The summed E-state index contributed by atoms with van der Waals surface area (Å²) in [5.74, 6) is 0. The highest BCUT2D eigenvalue weighted by atomic mass is 35.5. The highest BCUT2D eigenvalue weighted by Crippen LogP contribution is 2.24. The van der Waals surface area contributed by atoms with Gasteiger partial charge in [0.1, 0.15) is 6.20 Å². The summed E-state index contributed by atoms with van der Waals surface area (Å²) in [6, 6.07) is 3.04. The van der Waals surface area contributed by atoms with Crippen molar-refractivity contribution in [2.75, 3.05) is 0 Å². The summed E-state index contributed by atoms with van der Waals surface area (Å²) in [5, 5.41) is 10.8. The number of aryl methyl sites for hydroxylation is 1. The van der Waals surface area contributed by atoms with Crippen LogP contribution in [-0.4, -0.2) is 19.9 Å². The summed E-state index contributed by atoms with van der Waals surface area (Å²) in [6.07, 6.45) is 2.70. The van der Waals surface area contributed by atoms with Gasteiger partial charge in [-0.25, -0.2) is 9.97 Å². The van der Waals surface area contributed by atoms with E-state index in [9.17, 15) is 10.1 Å². The molecule has 0 spiro atoms. The minimum Gasteiger partial charge on any atom is -0.258 e. The molecule has 0 aliphatic heterocycles. The quantitative estimate of drug-likeness (QED) is 0.464. The normalized spacial score (nSPS) is 10.2. The number of pyridine rings is 1. The summed E-state index contributed by atoms with van der Waals surface area (Å²) in [6.45, 7) is 1.75. The van der Waals surface area contributed by atoms with Crippen LogP contribution in [0.2, 0.25) is 5.28 Å². The maximum absolute atomic E-state index is 10.7. The lowest BCUT2D eigenvalue weighted by Gasteiger charge is -2.03. The summed E-state index contributed by atoms with van der Waals surface area (Å²) in [7, 11) is 0. The van der Waals surface area contributed by atoms with Crippen LogP contribution in [0.4, 0.5) is 5.69 Å². The number of hydrogen-bond donors (Lipinski definition) is 0. The van der Waals surface area contributed by atoms with Crippen LogP contribution in [0.3, 0.4) is 0 Å². The first-order chi connectivity index (χ1) is 8.08. The number of nitrogens with zero attached hydrogens (tertiary/aromatic N) is 4. The van der Waals surface area contributed by atoms with Crippen molar-refractivity contribution >= 4 is 17.3 Å². The van der Waals surface area contributed by atoms with Crippen LogP contribution in [0, 0.1) is 17.0 Å². The van der Waals surface area contributed by atoms with E-state index in [1.165, 1.54) is 18.5 Å². The molecule has 0 bridgehead atoms. The van der Waals surface area contributed by atoms with Crippen LogP contribution in [0.15, 0.2) is 24.5 Å². The summed E-state index contributed by atoms with van der Waals surface area (Å²) in [4.78, 5) is 21.9. The van der Waals surface area contributed by atoms with E-state index < -0.39 is 4.92 Å². The van der Waals surface area contributed by atoms with Crippen LogP contribution in [0.5, 0.6) is 0 Å². The van der Waals surface area contributed by atoms with Gasteiger partial charge in [0.15, 0.2) is 0 Å². The Bertz CT molecular complexity index is 588. The van der Waals surface area contributed by atoms with Crippen molar-refractivity contribution in [1.82, 2.24) is 15.0 Å². The third kappa shape index (κ3) is 2.36. The van der Waals surface area contributed by atoms with Crippen molar-refractivity contribution in [1.29, 1.82) is 0 Å². The summed E-state index contributed by atoms with van der Waals surface area (Å²) >= 11 is 5.67. The lowest BCUT2D eigenvalue weighted by atomic mass is 10.1. The first-order valence-electron chi connectivity index (χ1n) is 4.68. The molecule has 2 aromatic heterocycles. The Morgan fingerprint density at radius 3 is 2.82 bits per heavy atom. The van der Waals surface area contributed by atoms with Crippen molar-refractivity contribution in [3.8, 4) is 11.3 Å². The fourth-order valence-electron chi connectivity index (χ4n) is 1.37. The van der Waals surface area contributed by atoms with Crippen molar-refractivity contribution in [2.45, 2.75) is 6.92 Å². The van der Waals surface area contributed by atoms with Crippen LogP contribution >= 0.6 is 11.6 Å². The molecule has 0 atom stereocenters. The smallest absolute Gasteiger partial charge is 0.258 e. The Morgan fingerprint density at radius 1 is 1.41 bits per heavy atom. The minimum atomic E-state index is -0.501. The van der Waals surface area contributed by atoms with Crippen molar-refractivity contribution in [3.63, 3.8) is 0 Å². The van der Waals surface area contributed by atoms with Crippen LogP contribution in [-0.2, 0) is 0 Å². The van der Waals surface area contributed by atoms with E-state index in [2.05, 4.69) is 15.0 Å². The molecule has 0 N–H and O–H groups in total. The molecule has 0 saturated heterocycles. The SMILES string of the molecule is Cc1ncc([N+](=O)[O-])cc1-c1ccnc(Cl)n1. The average molecular weight is 251 g/mol. The molecule has 0 aromatic carbocycles. The van der Waals surface area contributed by atoms with Crippen LogP contribution in [0.25, 0.3) is 11.3 Å². The molecule has 86 valence electrons. The van der Waals surface area contributed by atoms with Gasteiger partial charge in [-0.1, -0.05) is 0 Å². The predicted molar refractivity (Wildman–Crippen MR) is 61.7 cm³/mol. The second-order valence-corrected chi connectivity index (χ2v) is 3.63. The van der Waals surface area contributed by atoms with Gasteiger partial charge >= 0.3 is 0 Å². The number of nitro groups is 1. The molecular formula is C10H7ClN4O2. The van der Waals surface area contributed by atoms with Gasteiger partial charge < -0.3 is 0 Å². The molecule has 2 aromatic rings. The number of halogens is 1. The predicted octanol–water partition coefficient (Wildman–Crippen LogP) is 2.41. The fraction of sp³-hybridized carbons (Fsp3) is 0.100. The van der Waals surface area contributed by atoms with E-state index in [1.54, 1.807) is 13.0 Å². The first-order valence-corrected chi connectivity index (χ1v) is 5.05. The van der Waals surface area contributed by atoms with E-state index >= 15 is 0 Å². The Morgan fingerprint density at radius 2 is 2.18 bits per heavy atom. The average Bonchev–Trinajstić information content (AvgIpc) is 2.29. The Labute approximate surface area is 101 Å². The minimum absolute atomic E-state index is 0.0830. The van der Waals surface area contributed by atoms with Gasteiger partial charge in [-0.05, 0) is 24.6 Å². The van der Waals surface area contributed by atoms with Gasteiger partial charge in [-0.2, -0.15) is 0 Å². The highest BCUT2D eigenvalue weighted by Gasteiger charge is 2.12. The van der Waals surface area contributed by atoms with Crippen LogP contribution < -0.4 is 0 Å². The van der Waals surface area contributed by atoms with Crippen LogP contribution in [0.1, 0.15) is 5.69 Å². The second kappa shape index (κ2) is 4.42. The molecule has 7 heteroatoms. The molecule has 0 saturated carbocycles. The monoisotopic (exact) mass is 250 g/mol. The number of hydrogen-bond acceptors (Lipinski definition) is 5. The largest absolute Gasteiger partial charge is 0.288 e.